The Labute approximate surface area is 320 Å². The summed E-state index contributed by atoms with van der Waals surface area (Å²) in [4.78, 5) is 22.3. The molecule has 52 heavy (non-hydrogen) atoms. The van der Waals surface area contributed by atoms with Crippen molar-refractivity contribution in [2.24, 2.45) is 5.73 Å². The third kappa shape index (κ3) is 39.5. The fourth-order valence-corrected chi connectivity index (χ4v) is 6.36. The molecule has 9 heteroatoms. The normalized spacial score (nSPS) is 13.9. The van der Waals surface area contributed by atoms with E-state index >= 15 is 0 Å². The summed E-state index contributed by atoms with van der Waals surface area (Å²) in [5.74, 6) is -0.302. The van der Waals surface area contributed by atoms with Crippen LogP contribution in [0.2, 0.25) is 0 Å². The van der Waals surface area contributed by atoms with Crippen molar-refractivity contribution < 1.29 is 32.8 Å². The van der Waals surface area contributed by atoms with Gasteiger partial charge in [-0.3, -0.25) is 13.8 Å². The minimum absolute atomic E-state index is 0.0733. The maximum Gasteiger partial charge on any atom is 0.472 e. The Kier molecular flexibility index (Phi) is 39.2. The molecule has 0 fully saturated rings. The molecule has 0 rings (SSSR count). The highest BCUT2D eigenvalue weighted by atomic mass is 31.2. The van der Waals surface area contributed by atoms with Crippen LogP contribution >= 0.6 is 7.82 Å². The van der Waals surface area contributed by atoms with Crippen LogP contribution in [0.3, 0.4) is 0 Å². The fourth-order valence-electron chi connectivity index (χ4n) is 5.59. The Morgan fingerprint density at radius 1 is 0.596 bits per heavy atom. The van der Waals surface area contributed by atoms with Gasteiger partial charge in [0.2, 0.25) is 0 Å². The van der Waals surface area contributed by atoms with Crippen LogP contribution in [-0.2, 0) is 27.9 Å². The monoisotopic (exact) mass is 754 g/mol. The molecule has 0 amide bonds. The fraction of sp³-hybridized carbons (Fsp3) is 0.791. The first-order valence-electron chi connectivity index (χ1n) is 21.2. The molecule has 0 aromatic heterocycles. The highest BCUT2D eigenvalue weighted by Crippen LogP contribution is 2.43. The molecule has 0 saturated heterocycles. The third-order valence-electron chi connectivity index (χ3n) is 8.81. The van der Waals surface area contributed by atoms with Gasteiger partial charge >= 0.3 is 13.8 Å². The van der Waals surface area contributed by atoms with Crippen LogP contribution in [0.15, 0.2) is 48.8 Å². The molecule has 8 nitrogen and oxygen atoms in total. The number of carbonyl (C=O) groups excluding carboxylic acids is 1. The average molecular weight is 754 g/mol. The molecule has 0 heterocycles. The first-order chi connectivity index (χ1) is 25.4. The third-order valence-corrected chi connectivity index (χ3v) is 9.79. The topological polar surface area (TPSA) is 117 Å². The van der Waals surface area contributed by atoms with Crippen LogP contribution in [-0.4, -0.2) is 43.3 Å². The number of carbonyl (C=O) groups is 1. The van der Waals surface area contributed by atoms with E-state index in [0.29, 0.717) is 6.42 Å². The van der Waals surface area contributed by atoms with Crippen molar-refractivity contribution in [1.29, 1.82) is 0 Å². The van der Waals surface area contributed by atoms with E-state index in [2.05, 4.69) is 50.3 Å². The van der Waals surface area contributed by atoms with Crippen molar-refractivity contribution in [1.82, 2.24) is 0 Å². The number of phosphoric acid groups is 1. The molecule has 0 aliphatic carbocycles. The minimum Gasteiger partial charge on any atom is -0.492 e. The molecule has 2 atom stereocenters. The van der Waals surface area contributed by atoms with Gasteiger partial charge in [-0.15, -0.1) is 0 Å². The van der Waals surface area contributed by atoms with E-state index < -0.39 is 13.9 Å². The number of ether oxygens (including phenoxy) is 2. The van der Waals surface area contributed by atoms with E-state index in [0.717, 1.165) is 57.8 Å². The number of allylic oxidation sites excluding steroid dienone is 7. The van der Waals surface area contributed by atoms with E-state index in [1.165, 1.54) is 109 Å². The van der Waals surface area contributed by atoms with Gasteiger partial charge in [0.25, 0.3) is 0 Å². The summed E-state index contributed by atoms with van der Waals surface area (Å²) in [5.41, 5.74) is 5.36. The summed E-state index contributed by atoms with van der Waals surface area (Å²) in [6.07, 6.45) is 47.9. The Morgan fingerprint density at radius 3 is 1.58 bits per heavy atom. The van der Waals surface area contributed by atoms with Crippen molar-refractivity contribution in [2.45, 2.75) is 193 Å². The molecule has 2 unspecified atom stereocenters. The lowest BCUT2D eigenvalue weighted by Gasteiger charge is -2.19. The van der Waals surface area contributed by atoms with E-state index in [4.69, 9.17) is 24.3 Å². The van der Waals surface area contributed by atoms with Gasteiger partial charge in [-0.1, -0.05) is 140 Å². The number of unbranched alkanes of at least 4 members (excludes halogenated alkanes) is 21. The lowest BCUT2D eigenvalue weighted by Crippen LogP contribution is -2.25. The smallest absolute Gasteiger partial charge is 0.472 e. The standard InChI is InChI=1S/C43H80NO7P/c1-3-5-7-9-11-13-15-17-19-21-22-24-26-28-30-32-34-36-43(45)49-40-42(41-51-52(46,47)50-39-37-44)48-38-35-33-31-29-27-25-23-20-18-16-14-12-10-8-6-4-2/h11,13,17-20,35,38,42H,3-10,12,14-16,21-34,36-37,39-41,44H2,1-2H3,(H,46,47). The predicted molar refractivity (Wildman–Crippen MR) is 219 cm³/mol. The molecule has 0 radical (unpaired) electrons. The first kappa shape index (κ1) is 50.3. The summed E-state index contributed by atoms with van der Waals surface area (Å²) < 4.78 is 33.2. The number of esters is 1. The van der Waals surface area contributed by atoms with Gasteiger partial charge in [-0.05, 0) is 83.1 Å². The number of phosphoric ester groups is 1. The number of hydrogen-bond acceptors (Lipinski definition) is 7. The maximum absolute atomic E-state index is 12.4. The highest BCUT2D eigenvalue weighted by Gasteiger charge is 2.24. The lowest BCUT2D eigenvalue weighted by molar-refractivity contribution is -0.147. The van der Waals surface area contributed by atoms with Crippen LogP contribution in [0.1, 0.15) is 187 Å². The minimum atomic E-state index is -4.27. The van der Waals surface area contributed by atoms with Gasteiger partial charge in [0.05, 0.1) is 19.5 Å². The summed E-state index contributed by atoms with van der Waals surface area (Å²) in [5, 5.41) is 0. The molecular formula is C43H80NO7P. The second-order valence-electron chi connectivity index (χ2n) is 13.9. The Hall–Kier alpha value is -1.70. The van der Waals surface area contributed by atoms with E-state index in [-0.39, 0.29) is 32.3 Å². The SMILES string of the molecule is CCCCCC=CCC=CCCCCCCCCCC(=O)OCC(COP(=O)(O)OCCN)OC=CCCCCCCC=CCCCCCCCC. The van der Waals surface area contributed by atoms with E-state index in [1.54, 1.807) is 6.26 Å². The van der Waals surface area contributed by atoms with Gasteiger partial charge in [-0.2, -0.15) is 0 Å². The van der Waals surface area contributed by atoms with Crippen molar-refractivity contribution in [3.8, 4) is 0 Å². The summed E-state index contributed by atoms with van der Waals surface area (Å²) in [6.45, 7) is 4.16. The molecule has 0 saturated carbocycles. The Morgan fingerprint density at radius 2 is 1.04 bits per heavy atom. The zero-order valence-electron chi connectivity index (χ0n) is 33.5. The molecule has 0 aliphatic rings. The Balaban J connectivity index is 4.12. The Bertz CT molecular complexity index is 936. The second-order valence-corrected chi connectivity index (χ2v) is 15.4. The zero-order chi connectivity index (χ0) is 38.1. The van der Waals surface area contributed by atoms with Gasteiger partial charge in [-0.25, -0.2) is 4.57 Å². The zero-order valence-corrected chi connectivity index (χ0v) is 34.4. The summed E-state index contributed by atoms with van der Waals surface area (Å²) in [6, 6.07) is 0. The summed E-state index contributed by atoms with van der Waals surface area (Å²) >= 11 is 0. The first-order valence-corrected chi connectivity index (χ1v) is 22.7. The highest BCUT2D eigenvalue weighted by molar-refractivity contribution is 7.47. The van der Waals surface area contributed by atoms with Crippen LogP contribution < -0.4 is 5.73 Å². The van der Waals surface area contributed by atoms with Gasteiger partial charge in [0, 0.05) is 13.0 Å². The lowest BCUT2D eigenvalue weighted by atomic mass is 10.1. The molecule has 0 spiro atoms. The number of rotatable bonds is 40. The largest absolute Gasteiger partial charge is 0.492 e. The molecule has 304 valence electrons. The molecular weight excluding hydrogens is 673 g/mol. The van der Waals surface area contributed by atoms with E-state index in [9.17, 15) is 14.3 Å². The van der Waals surface area contributed by atoms with Gasteiger partial charge in [0.1, 0.15) is 6.61 Å². The molecule has 0 aromatic rings. The quantitative estimate of drug-likeness (QED) is 0.0209. The maximum atomic E-state index is 12.4. The molecule has 0 aromatic carbocycles. The second kappa shape index (κ2) is 40.5. The van der Waals surface area contributed by atoms with Crippen LogP contribution in [0, 0.1) is 0 Å². The van der Waals surface area contributed by atoms with Gasteiger partial charge < -0.3 is 20.1 Å². The van der Waals surface area contributed by atoms with Crippen LogP contribution in [0.4, 0.5) is 0 Å². The molecule has 0 bridgehead atoms. The van der Waals surface area contributed by atoms with Crippen LogP contribution in [0.25, 0.3) is 0 Å². The van der Waals surface area contributed by atoms with Crippen LogP contribution in [0.5, 0.6) is 0 Å². The number of nitrogens with two attached hydrogens (primary N) is 1. The van der Waals surface area contributed by atoms with Crippen molar-refractivity contribution in [3.63, 3.8) is 0 Å². The van der Waals surface area contributed by atoms with Crippen molar-refractivity contribution in [3.05, 3.63) is 48.8 Å². The predicted octanol–water partition coefficient (Wildman–Crippen LogP) is 12.8. The number of hydrogen-bond donors (Lipinski definition) is 2. The van der Waals surface area contributed by atoms with Crippen molar-refractivity contribution >= 4 is 13.8 Å². The molecule has 0 aliphatic heterocycles. The molecule has 3 N–H and O–H groups in total. The van der Waals surface area contributed by atoms with Crippen molar-refractivity contribution in [2.75, 3.05) is 26.4 Å². The van der Waals surface area contributed by atoms with E-state index in [1.807, 2.05) is 6.08 Å². The summed E-state index contributed by atoms with van der Waals surface area (Å²) in [7, 11) is -4.27. The average Bonchev–Trinajstić information content (AvgIpc) is 3.14. The van der Waals surface area contributed by atoms with Gasteiger partial charge in [0.15, 0.2) is 6.10 Å².